The fourth-order valence-corrected chi connectivity index (χ4v) is 4.56. The second kappa shape index (κ2) is 7.50. The molecule has 0 spiro atoms. The molecule has 158 valence electrons. The molecule has 1 aromatic heterocycles. The van der Waals surface area contributed by atoms with Gasteiger partial charge in [-0.05, 0) is 36.5 Å². The Morgan fingerprint density at radius 3 is 2.32 bits per heavy atom. The first-order valence-electron chi connectivity index (χ1n) is 10.9. The number of aromatic nitrogens is 1. The van der Waals surface area contributed by atoms with Gasteiger partial charge in [0.2, 0.25) is 5.91 Å². The Hall–Kier alpha value is -3.18. The van der Waals surface area contributed by atoms with Crippen LogP contribution >= 0.6 is 0 Å². The Kier molecular flexibility index (Phi) is 4.78. The summed E-state index contributed by atoms with van der Waals surface area (Å²) in [6.45, 7) is 0.655. The molecular formula is C26H28N4O. The van der Waals surface area contributed by atoms with Gasteiger partial charge in [0.25, 0.3) is 0 Å². The molecule has 0 unspecified atom stereocenters. The van der Waals surface area contributed by atoms with Gasteiger partial charge in [-0.1, -0.05) is 54.6 Å². The molecule has 2 N–H and O–H groups in total. The van der Waals surface area contributed by atoms with Crippen LogP contribution in [0.5, 0.6) is 0 Å². The summed E-state index contributed by atoms with van der Waals surface area (Å²) < 4.78 is 0. The molecule has 5 heteroatoms. The maximum atomic E-state index is 12.6. The predicted molar refractivity (Wildman–Crippen MR) is 126 cm³/mol. The smallest absolute Gasteiger partial charge is 0.228 e. The molecule has 0 bridgehead atoms. The lowest BCUT2D eigenvalue weighted by molar-refractivity contribution is -0.118. The summed E-state index contributed by atoms with van der Waals surface area (Å²) in [5.41, 5.74) is 12.5. The van der Waals surface area contributed by atoms with Crippen LogP contribution in [0.15, 0.2) is 60.7 Å². The number of pyridine rings is 1. The first-order valence-corrected chi connectivity index (χ1v) is 10.9. The van der Waals surface area contributed by atoms with Crippen LogP contribution in [0.4, 0.5) is 11.5 Å². The number of nitrogens with zero attached hydrogens (tertiary/aromatic N) is 3. The van der Waals surface area contributed by atoms with Crippen molar-refractivity contribution in [2.75, 3.05) is 30.4 Å². The highest BCUT2D eigenvalue weighted by molar-refractivity contribution is 5.99. The first-order chi connectivity index (χ1) is 15.0. The molecule has 5 nitrogen and oxygen atoms in total. The number of benzene rings is 2. The lowest BCUT2D eigenvalue weighted by atomic mass is 9.72. The molecule has 1 fully saturated rings. The number of anilines is 2. The van der Waals surface area contributed by atoms with E-state index < -0.39 is 0 Å². The molecule has 0 atom stereocenters. The minimum absolute atomic E-state index is 0.109. The van der Waals surface area contributed by atoms with E-state index in [1.807, 2.05) is 32.3 Å². The standard InChI is InChI=1S/C26H28N4O/c1-29-16-13-23(31)30(2)22-17-21(18-7-4-3-5-8-18)24(28-25(22)29)19-9-11-20(12-10-19)26(27)14-6-15-26/h3-5,7-12,17H,6,13-16,27H2,1-2H3. The molecule has 2 aromatic carbocycles. The first kappa shape index (κ1) is 19.8. The van der Waals surface area contributed by atoms with E-state index in [0.717, 1.165) is 46.7 Å². The third-order valence-electron chi connectivity index (χ3n) is 6.80. The van der Waals surface area contributed by atoms with E-state index in [-0.39, 0.29) is 11.4 Å². The SMILES string of the molecule is CN1CCC(=O)N(C)c2cc(-c3ccccc3)c(-c3ccc(C4(N)CCC4)cc3)nc21. The fourth-order valence-electron chi connectivity index (χ4n) is 4.56. The fraction of sp³-hybridized carbons (Fsp3) is 0.308. The molecule has 1 aliphatic carbocycles. The highest BCUT2D eigenvalue weighted by Crippen LogP contribution is 2.42. The molecule has 2 heterocycles. The van der Waals surface area contributed by atoms with Gasteiger partial charge in [0, 0.05) is 43.7 Å². The van der Waals surface area contributed by atoms with E-state index in [1.54, 1.807) is 4.90 Å². The van der Waals surface area contributed by atoms with Gasteiger partial charge in [-0.2, -0.15) is 0 Å². The largest absolute Gasteiger partial charge is 0.357 e. The van der Waals surface area contributed by atoms with Crippen molar-refractivity contribution in [3.05, 3.63) is 66.2 Å². The minimum Gasteiger partial charge on any atom is -0.357 e. The van der Waals surface area contributed by atoms with E-state index in [9.17, 15) is 4.79 Å². The van der Waals surface area contributed by atoms with E-state index in [0.29, 0.717) is 13.0 Å². The number of amides is 1. The van der Waals surface area contributed by atoms with Crippen molar-refractivity contribution in [2.24, 2.45) is 5.73 Å². The summed E-state index contributed by atoms with van der Waals surface area (Å²) >= 11 is 0. The number of fused-ring (bicyclic) bond motifs is 1. The molecule has 1 aliphatic heterocycles. The van der Waals surface area contributed by atoms with E-state index in [2.05, 4.69) is 47.4 Å². The van der Waals surface area contributed by atoms with Gasteiger partial charge in [-0.3, -0.25) is 4.79 Å². The van der Waals surface area contributed by atoms with Gasteiger partial charge in [0.1, 0.15) is 0 Å². The van der Waals surface area contributed by atoms with Crippen LogP contribution in [0.25, 0.3) is 22.4 Å². The second-order valence-electron chi connectivity index (χ2n) is 8.80. The lowest BCUT2D eigenvalue weighted by Gasteiger charge is -2.38. The number of carbonyl (C=O) groups is 1. The van der Waals surface area contributed by atoms with Gasteiger partial charge in [0.05, 0.1) is 11.4 Å². The Balaban J connectivity index is 1.68. The molecule has 0 saturated heterocycles. The van der Waals surface area contributed by atoms with Crippen molar-refractivity contribution >= 4 is 17.4 Å². The van der Waals surface area contributed by atoms with Crippen molar-refractivity contribution < 1.29 is 4.79 Å². The number of carbonyl (C=O) groups excluding carboxylic acids is 1. The zero-order chi connectivity index (χ0) is 21.6. The summed E-state index contributed by atoms with van der Waals surface area (Å²) in [5.74, 6) is 0.943. The zero-order valence-corrected chi connectivity index (χ0v) is 18.1. The quantitative estimate of drug-likeness (QED) is 0.685. The summed E-state index contributed by atoms with van der Waals surface area (Å²) in [6.07, 6.45) is 3.77. The van der Waals surface area contributed by atoms with Gasteiger partial charge in [-0.15, -0.1) is 0 Å². The average molecular weight is 413 g/mol. The molecule has 0 radical (unpaired) electrons. The summed E-state index contributed by atoms with van der Waals surface area (Å²) in [5, 5.41) is 0. The average Bonchev–Trinajstić information content (AvgIpc) is 2.89. The highest BCUT2D eigenvalue weighted by atomic mass is 16.2. The van der Waals surface area contributed by atoms with Gasteiger partial charge in [-0.25, -0.2) is 4.98 Å². The van der Waals surface area contributed by atoms with Crippen molar-refractivity contribution in [1.82, 2.24) is 4.98 Å². The van der Waals surface area contributed by atoms with Crippen molar-refractivity contribution in [3.63, 3.8) is 0 Å². The van der Waals surface area contributed by atoms with Crippen LogP contribution in [0, 0.1) is 0 Å². The second-order valence-corrected chi connectivity index (χ2v) is 8.80. The molecule has 1 saturated carbocycles. The number of hydrogen-bond donors (Lipinski definition) is 1. The normalized spacial score (nSPS) is 17.7. The summed E-state index contributed by atoms with van der Waals surface area (Å²) in [7, 11) is 3.84. The Labute approximate surface area is 183 Å². The zero-order valence-electron chi connectivity index (χ0n) is 18.1. The minimum atomic E-state index is -0.175. The molecular weight excluding hydrogens is 384 g/mol. The predicted octanol–water partition coefficient (Wildman–Crippen LogP) is 4.56. The maximum Gasteiger partial charge on any atom is 0.228 e. The van der Waals surface area contributed by atoms with Gasteiger partial charge < -0.3 is 15.5 Å². The Morgan fingerprint density at radius 1 is 0.968 bits per heavy atom. The summed E-state index contributed by atoms with van der Waals surface area (Å²) in [4.78, 5) is 21.5. The van der Waals surface area contributed by atoms with Crippen molar-refractivity contribution in [2.45, 2.75) is 31.2 Å². The van der Waals surface area contributed by atoms with Crippen molar-refractivity contribution in [3.8, 4) is 22.4 Å². The number of hydrogen-bond acceptors (Lipinski definition) is 4. The molecule has 1 amide bonds. The molecule has 3 aromatic rings. The maximum absolute atomic E-state index is 12.6. The van der Waals surface area contributed by atoms with Crippen LogP contribution in [0.2, 0.25) is 0 Å². The Bertz CT molecular complexity index is 1120. The van der Waals surface area contributed by atoms with Crippen LogP contribution in [0.3, 0.4) is 0 Å². The highest BCUT2D eigenvalue weighted by Gasteiger charge is 2.34. The third-order valence-corrected chi connectivity index (χ3v) is 6.80. The van der Waals surface area contributed by atoms with Crippen molar-refractivity contribution in [1.29, 1.82) is 0 Å². The summed E-state index contributed by atoms with van der Waals surface area (Å²) in [6, 6.07) is 20.9. The topological polar surface area (TPSA) is 62.5 Å². The molecule has 31 heavy (non-hydrogen) atoms. The van der Waals surface area contributed by atoms with Gasteiger partial charge >= 0.3 is 0 Å². The van der Waals surface area contributed by atoms with Crippen LogP contribution in [-0.2, 0) is 10.3 Å². The third kappa shape index (κ3) is 3.39. The van der Waals surface area contributed by atoms with Crippen LogP contribution in [0.1, 0.15) is 31.2 Å². The van der Waals surface area contributed by atoms with Crippen LogP contribution < -0.4 is 15.5 Å². The van der Waals surface area contributed by atoms with E-state index in [4.69, 9.17) is 10.7 Å². The van der Waals surface area contributed by atoms with Gasteiger partial charge in [0.15, 0.2) is 5.82 Å². The molecule has 5 rings (SSSR count). The number of rotatable bonds is 3. The monoisotopic (exact) mass is 412 g/mol. The van der Waals surface area contributed by atoms with Crippen LogP contribution in [-0.4, -0.2) is 31.5 Å². The lowest BCUT2D eigenvalue weighted by Crippen LogP contribution is -2.43. The number of nitrogens with two attached hydrogens (primary N) is 1. The Morgan fingerprint density at radius 2 is 1.68 bits per heavy atom. The van der Waals surface area contributed by atoms with E-state index in [1.165, 1.54) is 12.0 Å². The van der Waals surface area contributed by atoms with E-state index >= 15 is 0 Å². The molecule has 2 aliphatic rings.